The van der Waals surface area contributed by atoms with Gasteiger partial charge in [-0.2, -0.15) is 0 Å². The van der Waals surface area contributed by atoms with Gasteiger partial charge in [-0.25, -0.2) is 0 Å². The average molecular weight is 263 g/mol. The first-order valence-electron chi connectivity index (χ1n) is 6.75. The van der Waals surface area contributed by atoms with Gasteiger partial charge in [-0.3, -0.25) is 0 Å². The van der Waals surface area contributed by atoms with Crippen LogP contribution < -0.4 is 14.8 Å². The summed E-state index contributed by atoms with van der Waals surface area (Å²) in [4.78, 5) is 0. The summed E-state index contributed by atoms with van der Waals surface area (Å²) in [6.07, 6.45) is 3.93. The van der Waals surface area contributed by atoms with Crippen molar-refractivity contribution >= 4 is 0 Å². The van der Waals surface area contributed by atoms with E-state index in [9.17, 15) is 0 Å². The predicted molar refractivity (Wildman–Crippen MR) is 80.0 cm³/mol. The summed E-state index contributed by atoms with van der Waals surface area (Å²) < 4.78 is 10.6. The molecule has 0 aromatic heterocycles. The highest BCUT2D eigenvalue weighted by atomic mass is 16.5. The first-order valence-corrected chi connectivity index (χ1v) is 6.75. The van der Waals surface area contributed by atoms with Crippen LogP contribution in [0.1, 0.15) is 38.3 Å². The van der Waals surface area contributed by atoms with Gasteiger partial charge < -0.3 is 14.8 Å². The molecule has 0 amide bonds. The van der Waals surface area contributed by atoms with E-state index < -0.39 is 0 Å². The lowest BCUT2D eigenvalue weighted by molar-refractivity contribution is 0.353. The minimum absolute atomic E-state index is 0.315. The second-order valence-electron chi connectivity index (χ2n) is 4.67. The van der Waals surface area contributed by atoms with Gasteiger partial charge >= 0.3 is 0 Å². The zero-order valence-corrected chi connectivity index (χ0v) is 12.4. The smallest absolute Gasteiger partial charge is 0.161 e. The van der Waals surface area contributed by atoms with Crippen LogP contribution in [0.15, 0.2) is 30.9 Å². The number of rotatable bonds is 8. The number of nitrogens with one attached hydrogen (secondary N) is 1. The van der Waals surface area contributed by atoms with E-state index in [0.717, 1.165) is 24.3 Å². The lowest BCUT2D eigenvalue weighted by Crippen LogP contribution is -2.29. The van der Waals surface area contributed by atoms with Gasteiger partial charge in [-0.1, -0.05) is 19.1 Å². The predicted octanol–water partition coefficient (Wildman–Crippen LogP) is 3.71. The SMILES string of the molecule is C=CCC(C)NC(CC)c1ccc(OC)c(OC)c1. The van der Waals surface area contributed by atoms with Crippen molar-refractivity contribution in [3.8, 4) is 11.5 Å². The highest BCUT2D eigenvalue weighted by Crippen LogP contribution is 2.31. The molecule has 1 aromatic carbocycles. The van der Waals surface area contributed by atoms with Gasteiger partial charge in [0.1, 0.15) is 0 Å². The molecule has 0 spiro atoms. The molecule has 2 atom stereocenters. The summed E-state index contributed by atoms with van der Waals surface area (Å²) in [6, 6.07) is 6.81. The third kappa shape index (κ3) is 4.28. The molecular weight excluding hydrogens is 238 g/mol. The molecule has 3 nitrogen and oxygen atoms in total. The maximum atomic E-state index is 5.36. The maximum absolute atomic E-state index is 5.36. The lowest BCUT2D eigenvalue weighted by Gasteiger charge is -2.23. The highest BCUT2D eigenvalue weighted by molar-refractivity contribution is 5.43. The van der Waals surface area contributed by atoms with Crippen molar-refractivity contribution in [2.45, 2.75) is 38.8 Å². The minimum Gasteiger partial charge on any atom is -0.493 e. The fraction of sp³-hybridized carbons (Fsp3) is 0.500. The molecule has 0 radical (unpaired) electrons. The van der Waals surface area contributed by atoms with Gasteiger partial charge in [-0.15, -0.1) is 6.58 Å². The molecule has 0 bridgehead atoms. The normalized spacial score (nSPS) is 13.7. The Morgan fingerprint density at radius 1 is 1.26 bits per heavy atom. The number of ether oxygens (including phenoxy) is 2. The molecule has 0 fully saturated rings. The van der Waals surface area contributed by atoms with Gasteiger partial charge in [0, 0.05) is 12.1 Å². The van der Waals surface area contributed by atoms with Crippen molar-refractivity contribution in [3.63, 3.8) is 0 Å². The van der Waals surface area contributed by atoms with Crippen LogP contribution in [0, 0.1) is 0 Å². The Hall–Kier alpha value is -1.48. The van der Waals surface area contributed by atoms with E-state index >= 15 is 0 Å². The van der Waals surface area contributed by atoms with Crippen molar-refractivity contribution in [2.75, 3.05) is 14.2 Å². The molecule has 0 heterocycles. The summed E-state index contributed by atoms with van der Waals surface area (Å²) in [6.45, 7) is 8.13. The van der Waals surface area contributed by atoms with E-state index in [1.807, 2.05) is 18.2 Å². The first kappa shape index (κ1) is 15.6. The van der Waals surface area contributed by atoms with Crippen molar-refractivity contribution < 1.29 is 9.47 Å². The zero-order chi connectivity index (χ0) is 14.3. The fourth-order valence-corrected chi connectivity index (χ4v) is 2.18. The summed E-state index contributed by atoms with van der Waals surface area (Å²) in [5, 5.41) is 3.61. The minimum atomic E-state index is 0.315. The number of hydrogen-bond donors (Lipinski definition) is 1. The maximum Gasteiger partial charge on any atom is 0.161 e. The summed E-state index contributed by atoms with van der Waals surface area (Å²) in [5.41, 5.74) is 1.22. The van der Waals surface area contributed by atoms with E-state index in [1.165, 1.54) is 5.56 Å². The number of methoxy groups -OCH3 is 2. The average Bonchev–Trinajstić information content (AvgIpc) is 2.44. The molecule has 1 aromatic rings. The zero-order valence-electron chi connectivity index (χ0n) is 12.4. The monoisotopic (exact) mass is 263 g/mol. The molecule has 19 heavy (non-hydrogen) atoms. The molecule has 0 aliphatic carbocycles. The second-order valence-corrected chi connectivity index (χ2v) is 4.67. The van der Waals surface area contributed by atoms with Crippen LogP contribution in [0.25, 0.3) is 0 Å². The van der Waals surface area contributed by atoms with Crippen LogP contribution in [-0.4, -0.2) is 20.3 Å². The van der Waals surface area contributed by atoms with Crippen LogP contribution in [0.3, 0.4) is 0 Å². The van der Waals surface area contributed by atoms with E-state index in [1.54, 1.807) is 14.2 Å². The standard InChI is InChI=1S/C16H25NO2/c1-6-8-12(3)17-14(7-2)13-9-10-15(18-4)16(11-13)19-5/h6,9-12,14,17H,1,7-8H2,2-5H3. The molecule has 0 aliphatic heterocycles. The topological polar surface area (TPSA) is 30.5 Å². The fourth-order valence-electron chi connectivity index (χ4n) is 2.18. The van der Waals surface area contributed by atoms with E-state index in [4.69, 9.17) is 9.47 Å². The van der Waals surface area contributed by atoms with Gasteiger partial charge in [0.25, 0.3) is 0 Å². The van der Waals surface area contributed by atoms with Gasteiger partial charge in [0.05, 0.1) is 14.2 Å². The number of hydrogen-bond acceptors (Lipinski definition) is 3. The first-order chi connectivity index (χ1) is 9.15. The highest BCUT2D eigenvalue weighted by Gasteiger charge is 2.14. The molecule has 0 aliphatic rings. The molecule has 1 N–H and O–H groups in total. The Bertz CT molecular complexity index is 404. The molecular formula is C16H25NO2. The van der Waals surface area contributed by atoms with Crippen LogP contribution in [-0.2, 0) is 0 Å². The Balaban J connectivity index is 2.89. The van der Waals surface area contributed by atoms with Crippen LogP contribution >= 0.6 is 0 Å². The van der Waals surface area contributed by atoms with Crippen LogP contribution in [0.4, 0.5) is 0 Å². The van der Waals surface area contributed by atoms with Crippen LogP contribution in [0.5, 0.6) is 11.5 Å². The molecule has 1 rings (SSSR count). The summed E-state index contributed by atoms with van der Waals surface area (Å²) in [5.74, 6) is 1.54. The molecule has 0 saturated carbocycles. The Labute approximate surface area is 116 Å². The second kappa shape index (κ2) is 7.85. The van der Waals surface area contributed by atoms with Crippen molar-refractivity contribution in [1.29, 1.82) is 0 Å². The van der Waals surface area contributed by atoms with Gasteiger partial charge in [0.15, 0.2) is 11.5 Å². The van der Waals surface area contributed by atoms with E-state index in [-0.39, 0.29) is 0 Å². The quantitative estimate of drug-likeness (QED) is 0.725. The van der Waals surface area contributed by atoms with Gasteiger partial charge in [0.2, 0.25) is 0 Å². The molecule has 3 heteroatoms. The Kier molecular flexibility index (Phi) is 6.43. The molecule has 0 saturated heterocycles. The Morgan fingerprint density at radius 3 is 2.47 bits per heavy atom. The Morgan fingerprint density at radius 2 is 1.95 bits per heavy atom. The summed E-state index contributed by atoms with van der Waals surface area (Å²) >= 11 is 0. The van der Waals surface area contributed by atoms with Crippen LogP contribution in [0.2, 0.25) is 0 Å². The van der Waals surface area contributed by atoms with Gasteiger partial charge in [-0.05, 0) is 37.5 Å². The third-order valence-corrected chi connectivity index (χ3v) is 3.22. The largest absolute Gasteiger partial charge is 0.493 e. The van der Waals surface area contributed by atoms with Crippen molar-refractivity contribution in [1.82, 2.24) is 5.32 Å². The molecule has 2 unspecified atom stereocenters. The lowest BCUT2D eigenvalue weighted by atomic mass is 10.0. The van der Waals surface area contributed by atoms with E-state index in [2.05, 4.69) is 31.8 Å². The molecule has 106 valence electrons. The van der Waals surface area contributed by atoms with E-state index in [0.29, 0.717) is 12.1 Å². The number of benzene rings is 1. The summed E-state index contributed by atoms with van der Waals surface area (Å²) in [7, 11) is 3.32. The van der Waals surface area contributed by atoms with Crippen molar-refractivity contribution in [2.24, 2.45) is 0 Å². The van der Waals surface area contributed by atoms with Crippen molar-refractivity contribution in [3.05, 3.63) is 36.4 Å². The third-order valence-electron chi connectivity index (χ3n) is 3.22.